The molecule has 2 unspecified atom stereocenters. The summed E-state index contributed by atoms with van der Waals surface area (Å²) in [5.41, 5.74) is 2.21. The number of H-pyrrole nitrogens is 1. The van der Waals surface area contributed by atoms with Gasteiger partial charge in [0, 0.05) is 36.9 Å². The maximum atomic E-state index is 13.0. The average Bonchev–Trinajstić information content (AvgIpc) is 2.97. The van der Waals surface area contributed by atoms with Crippen LogP contribution < -0.4 is 0 Å². The molecule has 1 aromatic carbocycles. The first-order chi connectivity index (χ1) is 13.2. The molecule has 0 radical (unpaired) electrons. The summed E-state index contributed by atoms with van der Waals surface area (Å²) in [7, 11) is 0. The molecule has 1 N–H and O–H groups in total. The molecule has 4 heterocycles. The van der Waals surface area contributed by atoms with E-state index < -0.39 is 0 Å². The second-order valence-electron chi connectivity index (χ2n) is 7.66. The molecule has 2 aromatic rings. The molecule has 3 aliphatic rings. The summed E-state index contributed by atoms with van der Waals surface area (Å²) >= 11 is 0. The smallest absolute Gasteiger partial charge is 0.274 e. The van der Waals surface area contributed by atoms with Crippen LogP contribution in [-0.2, 0) is 6.42 Å². The van der Waals surface area contributed by atoms with Crippen LogP contribution in [0.5, 0.6) is 0 Å². The molecule has 27 heavy (non-hydrogen) atoms. The van der Waals surface area contributed by atoms with Crippen molar-refractivity contribution in [2.75, 3.05) is 19.6 Å². The maximum absolute atomic E-state index is 13.0. The van der Waals surface area contributed by atoms with Crippen LogP contribution in [0.3, 0.4) is 0 Å². The number of carbonyl (C=O) groups excluding carboxylic acids is 2. The molecule has 5 rings (SSSR count). The number of aromatic nitrogens is 2. The van der Waals surface area contributed by atoms with E-state index in [4.69, 9.17) is 0 Å². The van der Waals surface area contributed by atoms with Gasteiger partial charge < -0.3 is 9.80 Å². The molecule has 2 bridgehead atoms. The standard InChI is InChI=1S/C21H26N4O2/c1-2-6-17-11-19(23-22-17)21(27)25-13-15-9-10-18(25)14-24(12-15)20(26)16-7-4-3-5-8-16/h3-5,7-8,11,15,18H,2,6,9-10,12-14H2,1H3,(H,22,23). The quantitative estimate of drug-likeness (QED) is 0.905. The van der Waals surface area contributed by atoms with E-state index in [-0.39, 0.29) is 17.9 Å². The number of aromatic amines is 1. The van der Waals surface area contributed by atoms with Crippen molar-refractivity contribution in [3.05, 3.63) is 53.3 Å². The Bertz CT molecular complexity index is 817. The number of rotatable bonds is 4. The van der Waals surface area contributed by atoms with Crippen LogP contribution in [0.2, 0.25) is 0 Å². The normalized spacial score (nSPS) is 22.0. The lowest BCUT2D eigenvalue weighted by Crippen LogP contribution is -2.47. The van der Waals surface area contributed by atoms with Crippen molar-refractivity contribution >= 4 is 11.8 Å². The molecule has 2 amide bonds. The molecule has 2 atom stereocenters. The molecule has 1 aromatic heterocycles. The molecule has 0 aliphatic carbocycles. The van der Waals surface area contributed by atoms with Crippen LogP contribution in [0.15, 0.2) is 36.4 Å². The molecular weight excluding hydrogens is 340 g/mol. The molecule has 0 saturated carbocycles. The fourth-order valence-corrected chi connectivity index (χ4v) is 4.28. The topological polar surface area (TPSA) is 69.3 Å². The van der Waals surface area contributed by atoms with Gasteiger partial charge in [-0.1, -0.05) is 31.5 Å². The first-order valence-electron chi connectivity index (χ1n) is 9.85. The van der Waals surface area contributed by atoms with Gasteiger partial charge in [-0.25, -0.2) is 0 Å². The van der Waals surface area contributed by atoms with Gasteiger partial charge in [-0.3, -0.25) is 14.7 Å². The van der Waals surface area contributed by atoms with Gasteiger partial charge in [0.1, 0.15) is 5.69 Å². The molecular formula is C21H26N4O2. The summed E-state index contributed by atoms with van der Waals surface area (Å²) in [5.74, 6) is 0.374. The number of nitrogens with one attached hydrogen (secondary N) is 1. The minimum absolute atomic E-state index is 0.0164. The van der Waals surface area contributed by atoms with Crippen molar-refractivity contribution in [1.29, 1.82) is 0 Å². The second kappa shape index (κ2) is 7.55. The minimum atomic E-state index is -0.0164. The molecule has 142 valence electrons. The van der Waals surface area contributed by atoms with Crippen molar-refractivity contribution in [3.63, 3.8) is 0 Å². The third-order valence-corrected chi connectivity index (χ3v) is 5.65. The number of aryl methyl sites for hydroxylation is 1. The van der Waals surface area contributed by atoms with Crippen LogP contribution in [0.1, 0.15) is 52.7 Å². The van der Waals surface area contributed by atoms with Gasteiger partial charge in [-0.05, 0) is 43.4 Å². The highest BCUT2D eigenvalue weighted by atomic mass is 16.2. The van der Waals surface area contributed by atoms with Crippen LogP contribution in [-0.4, -0.2) is 57.5 Å². The van der Waals surface area contributed by atoms with E-state index in [1.165, 1.54) is 0 Å². The van der Waals surface area contributed by atoms with Gasteiger partial charge >= 0.3 is 0 Å². The Labute approximate surface area is 159 Å². The van der Waals surface area contributed by atoms with E-state index in [9.17, 15) is 9.59 Å². The Kier molecular flexibility index (Phi) is 4.97. The van der Waals surface area contributed by atoms with Crippen LogP contribution >= 0.6 is 0 Å². The highest BCUT2D eigenvalue weighted by Gasteiger charge is 2.39. The number of carbonyl (C=O) groups is 2. The second-order valence-corrected chi connectivity index (χ2v) is 7.66. The van der Waals surface area contributed by atoms with Crippen LogP contribution in [0.4, 0.5) is 0 Å². The Hall–Kier alpha value is -2.63. The lowest BCUT2D eigenvalue weighted by Gasteiger charge is -2.35. The Balaban J connectivity index is 1.51. The van der Waals surface area contributed by atoms with Gasteiger partial charge in [0.05, 0.1) is 0 Å². The predicted molar refractivity (Wildman–Crippen MR) is 102 cm³/mol. The largest absolute Gasteiger partial charge is 0.336 e. The number of amides is 2. The number of fused-ring (bicyclic) bond motifs is 4. The molecule has 6 heteroatoms. The Morgan fingerprint density at radius 3 is 2.70 bits per heavy atom. The van der Waals surface area contributed by atoms with E-state index in [0.29, 0.717) is 30.3 Å². The van der Waals surface area contributed by atoms with Crippen molar-refractivity contribution in [3.8, 4) is 0 Å². The zero-order valence-corrected chi connectivity index (χ0v) is 15.7. The third-order valence-electron chi connectivity index (χ3n) is 5.65. The van der Waals surface area contributed by atoms with E-state index in [1.54, 1.807) is 0 Å². The third kappa shape index (κ3) is 3.61. The summed E-state index contributed by atoms with van der Waals surface area (Å²) in [6, 6.07) is 11.3. The zero-order chi connectivity index (χ0) is 18.8. The van der Waals surface area contributed by atoms with E-state index >= 15 is 0 Å². The fraction of sp³-hybridized carbons (Fsp3) is 0.476. The zero-order valence-electron chi connectivity index (χ0n) is 15.7. The van der Waals surface area contributed by atoms with Gasteiger partial charge in [0.2, 0.25) is 0 Å². The van der Waals surface area contributed by atoms with Crippen LogP contribution in [0, 0.1) is 5.92 Å². The van der Waals surface area contributed by atoms with E-state index in [2.05, 4.69) is 17.1 Å². The van der Waals surface area contributed by atoms with Gasteiger partial charge in [-0.15, -0.1) is 0 Å². The van der Waals surface area contributed by atoms with Crippen molar-refractivity contribution in [1.82, 2.24) is 20.0 Å². The number of nitrogens with zero attached hydrogens (tertiary/aromatic N) is 3. The fourth-order valence-electron chi connectivity index (χ4n) is 4.28. The number of hydrogen-bond donors (Lipinski definition) is 1. The minimum Gasteiger partial charge on any atom is -0.336 e. The lowest BCUT2D eigenvalue weighted by molar-refractivity contribution is 0.0569. The SMILES string of the molecule is CCCc1cc(C(=O)N2CC3CCC2CN(C(=O)c2ccccc2)C3)n[nH]1. The molecule has 0 spiro atoms. The number of hydrogen-bond acceptors (Lipinski definition) is 3. The maximum Gasteiger partial charge on any atom is 0.274 e. The monoisotopic (exact) mass is 366 g/mol. The van der Waals surface area contributed by atoms with Crippen molar-refractivity contribution < 1.29 is 9.59 Å². The van der Waals surface area contributed by atoms with Gasteiger partial charge in [-0.2, -0.15) is 5.10 Å². The summed E-state index contributed by atoms with van der Waals surface area (Å²) in [6.07, 6.45) is 3.92. The predicted octanol–water partition coefficient (Wildman–Crippen LogP) is 2.74. The van der Waals surface area contributed by atoms with Gasteiger partial charge in [0.15, 0.2) is 0 Å². The van der Waals surface area contributed by atoms with Crippen molar-refractivity contribution in [2.45, 2.75) is 38.6 Å². The summed E-state index contributed by atoms with van der Waals surface area (Å²) in [4.78, 5) is 29.8. The highest BCUT2D eigenvalue weighted by Crippen LogP contribution is 2.30. The number of benzene rings is 1. The lowest BCUT2D eigenvalue weighted by atomic mass is 9.94. The molecule has 3 fully saturated rings. The summed E-state index contributed by atoms with van der Waals surface area (Å²) in [5, 5.41) is 7.20. The first kappa shape index (κ1) is 17.8. The van der Waals surface area contributed by atoms with E-state index in [0.717, 1.165) is 37.9 Å². The van der Waals surface area contributed by atoms with E-state index in [1.807, 2.05) is 46.2 Å². The Morgan fingerprint density at radius 1 is 1.11 bits per heavy atom. The summed E-state index contributed by atoms with van der Waals surface area (Å²) < 4.78 is 0. The average molecular weight is 366 g/mol. The van der Waals surface area contributed by atoms with Crippen molar-refractivity contribution in [2.24, 2.45) is 5.92 Å². The molecule has 3 saturated heterocycles. The molecule has 3 aliphatic heterocycles. The number of piperidine rings is 1. The highest BCUT2D eigenvalue weighted by molar-refractivity contribution is 5.95. The first-order valence-corrected chi connectivity index (χ1v) is 9.85. The van der Waals surface area contributed by atoms with Crippen LogP contribution in [0.25, 0.3) is 0 Å². The molecule has 6 nitrogen and oxygen atoms in total. The Morgan fingerprint density at radius 2 is 1.93 bits per heavy atom. The summed E-state index contributed by atoms with van der Waals surface area (Å²) in [6.45, 7) is 4.13. The van der Waals surface area contributed by atoms with Gasteiger partial charge in [0.25, 0.3) is 11.8 Å².